The van der Waals surface area contributed by atoms with Crippen molar-refractivity contribution >= 4 is 12.1 Å². The first-order valence-corrected chi connectivity index (χ1v) is 10.2. The Morgan fingerprint density at radius 2 is 1.88 bits per heavy atom. The molecule has 0 bridgehead atoms. The number of carbonyl (C=O) groups is 1. The number of aryl methyl sites for hydroxylation is 1. The van der Waals surface area contributed by atoms with E-state index in [4.69, 9.17) is 14.2 Å². The molecule has 168 valence electrons. The van der Waals surface area contributed by atoms with Gasteiger partial charge in [-0.15, -0.1) is 0 Å². The van der Waals surface area contributed by atoms with Crippen molar-refractivity contribution in [2.45, 2.75) is 20.1 Å². The summed E-state index contributed by atoms with van der Waals surface area (Å²) in [7, 11) is 1.54. The maximum Gasteiger partial charge on any atom is 0.278 e. The van der Waals surface area contributed by atoms with Crippen LogP contribution in [0.1, 0.15) is 27.9 Å². The number of ether oxygens (including phenoxy) is 3. The summed E-state index contributed by atoms with van der Waals surface area (Å²) in [6, 6.07) is 21.0. The fourth-order valence-corrected chi connectivity index (χ4v) is 2.94. The van der Waals surface area contributed by atoms with Crippen LogP contribution in [0.4, 0.5) is 0 Å². The quantitative estimate of drug-likeness (QED) is 0.379. The minimum atomic E-state index is -0.477. The van der Waals surface area contributed by atoms with Gasteiger partial charge < -0.3 is 14.2 Å². The van der Waals surface area contributed by atoms with Crippen LogP contribution in [-0.2, 0) is 22.7 Å². The van der Waals surface area contributed by atoms with E-state index in [1.807, 2.05) is 60.7 Å². The van der Waals surface area contributed by atoms with Crippen molar-refractivity contribution < 1.29 is 19.0 Å². The molecule has 0 saturated heterocycles. The molecule has 0 saturated carbocycles. The summed E-state index contributed by atoms with van der Waals surface area (Å²) >= 11 is 0. The Bertz CT molecular complexity index is 1140. The second-order valence-corrected chi connectivity index (χ2v) is 7.07. The summed E-state index contributed by atoms with van der Waals surface area (Å²) in [6.45, 7) is 2.17. The van der Waals surface area contributed by atoms with Gasteiger partial charge in [0, 0.05) is 18.4 Å². The number of nitrogens with zero attached hydrogens (tertiary/aromatic N) is 3. The predicted molar refractivity (Wildman–Crippen MR) is 123 cm³/mol. The zero-order valence-corrected chi connectivity index (χ0v) is 18.4. The van der Waals surface area contributed by atoms with Gasteiger partial charge in [0.05, 0.1) is 12.8 Å². The van der Waals surface area contributed by atoms with Crippen molar-refractivity contribution in [2.75, 3.05) is 13.7 Å². The lowest BCUT2D eigenvalue weighted by atomic mass is 10.1. The maximum absolute atomic E-state index is 12.1. The molecule has 2 aromatic carbocycles. The van der Waals surface area contributed by atoms with Crippen molar-refractivity contribution in [3.05, 3.63) is 88.6 Å². The molecule has 0 aliphatic carbocycles. The molecule has 1 heterocycles. The number of pyridine rings is 1. The van der Waals surface area contributed by atoms with E-state index in [-0.39, 0.29) is 24.7 Å². The number of nitriles is 1. The summed E-state index contributed by atoms with van der Waals surface area (Å²) in [4.78, 5) is 16.3. The topological polar surface area (TPSA) is 106 Å². The third-order valence-corrected chi connectivity index (χ3v) is 4.48. The molecule has 3 aromatic rings. The van der Waals surface area contributed by atoms with Crippen LogP contribution in [0.25, 0.3) is 0 Å². The predicted octanol–water partition coefficient (Wildman–Crippen LogP) is 3.52. The van der Waals surface area contributed by atoms with Crippen molar-refractivity contribution in [3.8, 4) is 17.7 Å². The van der Waals surface area contributed by atoms with Crippen LogP contribution >= 0.6 is 0 Å². The van der Waals surface area contributed by atoms with E-state index in [1.165, 1.54) is 13.3 Å². The van der Waals surface area contributed by atoms with E-state index in [0.29, 0.717) is 17.9 Å². The number of aromatic nitrogens is 1. The molecule has 0 unspecified atom stereocenters. The summed E-state index contributed by atoms with van der Waals surface area (Å²) in [5, 5.41) is 13.3. The van der Waals surface area contributed by atoms with E-state index in [2.05, 4.69) is 15.5 Å². The fourth-order valence-electron chi connectivity index (χ4n) is 2.94. The second-order valence-electron chi connectivity index (χ2n) is 7.07. The van der Waals surface area contributed by atoms with Gasteiger partial charge in [-0.3, -0.25) is 4.79 Å². The van der Waals surface area contributed by atoms with Gasteiger partial charge in [0.15, 0.2) is 6.61 Å². The molecule has 1 amide bonds. The van der Waals surface area contributed by atoms with Gasteiger partial charge in [-0.05, 0) is 48.4 Å². The number of hydrazone groups is 1. The Morgan fingerprint density at radius 1 is 1.12 bits per heavy atom. The molecule has 33 heavy (non-hydrogen) atoms. The van der Waals surface area contributed by atoms with Crippen molar-refractivity contribution in [2.24, 2.45) is 5.10 Å². The van der Waals surface area contributed by atoms with Crippen molar-refractivity contribution in [1.82, 2.24) is 10.4 Å². The molecule has 1 aromatic heterocycles. The lowest BCUT2D eigenvalue weighted by molar-refractivity contribution is -0.123. The number of hydrogen-bond donors (Lipinski definition) is 1. The number of carbonyl (C=O) groups excluding carboxylic acids is 1. The highest BCUT2D eigenvalue weighted by Crippen LogP contribution is 2.21. The number of rotatable bonds is 10. The van der Waals surface area contributed by atoms with Gasteiger partial charge in [-0.25, -0.2) is 10.4 Å². The van der Waals surface area contributed by atoms with Crippen LogP contribution < -0.4 is 14.9 Å². The number of methoxy groups -OCH3 is 1. The Hall–Kier alpha value is -4.22. The lowest BCUT2D eigenvalue weighted by Gasteiger charge is -2.10. The van der Waals surface area contributed by atoms with Crippen LogP contribution in [0.2, 0.25) is 0 Å². The molecule has 0 spiro atoms. The highest BCUT2D eigenvalue weighted by atomic mass is 16.5. The molecule has 0 aliphatic heterocycles. The van der Waals surface area contributed by atoms with E-state index >= 15 is 0 Å². The summed E-state index contributed by atoms with van der Waals surface area (Å²) in [5.41, 5.74) is 5.83. The Kier molecular flexibility index (Phi) is 8.51. The minimum Gasteiger partial charge on any atom is -0.489 e. The van der Waals surface area contributed by atoms with Crippen LogP contribution in [0.5, 0.6) is 11.6 Å². The Labute approximate surface area is 192 Å². The van der Waals surface area contributed by atoms with Crippen LogP contribution in [0, 0.1) is 18.3 Å². The SMILES string of the molecule is COCc1cc(C)nc(OCC(=O)NN=Cc2ccc(OCc3ccccc3)cc2)c1C#N. The maximum atomic E-state index is 12.1. The summed E-state index contributed by atoms with van der Waals surface area (Å²) in [6.07, 6.45) is 1.52. The Balaban J connectivity index is 1.49. The molecule has 0 aliphatic rings. The van der Waals surface area contributed by atoms with Gasteiger partial charge in [-0.1, -0.05) is 30.3 Å². The van der Waals surface area contributed by atoms with Crippen molar-refractivity contribution in [1.29, 1.82) is 5.26 Å². The molecular formula is C25H24N4O4. The average Bonchev–Trinajstić information content (AvgIpc) is 2.83. The molecule has 3 rings (SSSR count). The Morgan fingerprint density at radius 3 is 2.58 bits per heavy atom. The van der Waals surface area contributed by atoms with E-state index < -0.39 is 5.91 Å². The fraction of sp³-hybridized carbons (Fsp3) is 0.200. The molecule has 0 radical (unpaired) electrons. The first-order valence-electron chi connectivity index (χ1n) is 10.2. The smallest absolute Gasteiger partial charge is 0.278 e. The first kappa shape index (κ1) is 23.4. The standard InChI is InChI=1S/C25H24N4O4/c1-18-12-21(16-31-2)23(13-26)25(28-18)33-17-24(30)29-27-14-19-8-10-22(11-9-19)32-15-20-6-4-3-5-7-20/h3-12,14H,15-17H2,1-2H3,(H,29,30). The normalized spacial score (nSPS) is 10.6. The molecule has 8 nitrogen and oxygen atoms in total. The number of hydrogen-bond acceptors (Lipinski definition) is 7. The highest BCUT2D eigenvalue weighted by Gasteiger charge is 2.14. The van der Waals surface area contributed by atoms with Crippen LogP contribution in [-0.4, -0.2) is 30.8 Å². The average molecular weight is 444 g/mol. The molecular weight excluding hydrogens is 420 g/mol. The van der Waals surface area contributed by atoms with Gasteiger partial charge in [0.1, 0.15) is 24.0 Å². The van der Waals surface area contributed by atoms with E-state index in [9.17, 15) is 10.1 Å². The number of benzene rings is 2. The zero-order valence-electron chi connectivity index (χ0n) is 18.4. The van der Waals surface area contributed by atoms with Crippen molar-refractivity contribution in [3.63, 3.8) is 0 Å². The second kappa shape index (κ2) is 12.0. The van der Waals surface area contributed by atoms with Gasteiger partial charge in [0.25, 0.3) is 5.91 Å². The van der Waals surface area contributed by atoms with Gasteiger partial charge in [-0.2, -0.15) is 10.4 Å². The molecule has 1 N–H and O–H groups in total. The van der Waals surface area contributed by atoms with Gasteiger partial charge in [0.2, 0.25) is 5.88 Å². The van der Waals surface area contributed by atoms with E-state index in [0.717, 1.165) is 16.9 Å². The largest absolute Gasteiger partial charge is 0.489 e. The third-order valence-electron chi connectivity index (χ3n) is 4.48. The zero-order chi connectivity index (χ0) is 23.5. The summed E-state index contributed by atoms with van der Waals surface area (Å²) in [5.74, 6) is 0.351. The lowest BCUT2D eigenvalue weighted by Crippen LogP contribution is -2.25. The minimum absolute atomic E-state index is 0.0924. The van der Waals surface area contributed by atoms with Crippen LogP contribution in [0.15, 0.2) is 65.8 Å². The monoisotopic (exact) mass is 444 g/mol. The molecule has 0 fully saturated rings. The third kappa shape index (κ3) is 7.16. The number of amides is 1. The molecule has 8 heteroatoms. The molecule has 0 atom stereocenters. The first-order chi connectivity index (χ1) is 16.1. The van der Waals surface area contributed by atoms with Crippen LogP contribution in [0.3, 0.4) is 0 Å². The van der Waals surface area contributed by atoms with E-state index in [1.54, 1.807) is 13.0 Å². The highest BCUT2D eigenvalue weighted by molar-refractivity contribution is 5.83. The van der Waals surface area contributed by atoms with Gasteiger partial charge >= 0.3 is 0 Å². The number of nitrogens with one attached hydrogen (secondary N) is 1. The summed E-state index contributed by atoms with van der Waals surface area (Å²) < 4.78 is 16.3.